The first kappa shape index (κ1) is 23.4. The molecule has 1 unspecified atom stereocenters. The molecule has 2 heterocycles. The van der Waals surface area contributed by atoms with Crippen molar-refractivity contribution in [1.82, 2.24) is 9.21 Å². The summed E-state index contributed by atoms with van der Waals surface area (Å²) in [4.78, 5) is 2.95. The number of hydrogen-bond donors (Lipinski definition) is 0. The van der Waals surface area contributed by atoms with Gasteiger partial charge in [0.1, 0.15) is 0 Å². The van der Waals surface area contributed by atoms with Gasteiger partial charge in [-0.15, -0.1) is 0 Å². The van der Waals surface area contributed by atoms with E-state index >= 15 is 0 Å². The summed E-state index contributed by atoms with van der Waals surface area (Å²) in [6.45, 7) is 6.40. The molecule has 0 bridgehead atoms. The highest BCUT2D eigenvalue weighted by Crippen LogP contribution is 2.27. The van der Waals surface area contributed by atoms with E-state index in [1.807, 2.05) is 12.1 Å². The molecule has 0 aromatic heterocycles. The number of hydrogen-bond acceptors (Lipinski definition) is 4. The third-order valence-corrected chi connectivity index (χ3v) is 8.92. The Balaban J connectivity index is 1.39. The number of likely N-dealkylation sites (tertiary alicyclic amines) is 1. The second kappa shape index (κ2) is 10.5. The maximum absolute atomic E-state index is 13.1. The van der Waals surface area contributed by atoms with Gasteiger partial charge in [0.15, 0.2) is 0 Å². The molecule has 0 spiro atoms. The summed E-state index contributed by atoms with van der Waals surface area (Å²) in [6.07, 6.45) is 5.61. The van der Waals surface area contributed by atoms with E-state index in [2.05, 4.69) is 36.1 Å². The Hall–Kier alpha value is -1.73. The number of ether oxygens (including phenoxy) is 1. The lowest BCUT2D eigenvalue weighted by molar-refractivity contribution is 0.118. The van der Waals surface area contributed by atoms with Crippen LogP contribution in [-0.2, 0) is 21.2 Å². The van der Waals surface area contributed by atoms with E-state index in [4.69, 9.17) is 4.74 Å². The van der Waals surface area contributed by atoms with Gasteiger partial charge < -0.3 is 9.64 Å². The highest BCUT2D eigenvalue weighted by atomic mass is 32.2. The van der Waals surface area contributed by atoms with Crippen molar-refractivity contribution in [3.05, 3.63) is 54.1 Å². The summed E-state index contributed by atoms with van der Waals surface area (Å²) in [6, 6.07) is 16.7. The van der Waals surface area contributed by atoms with Gasteiger partial charge in [-0.2, -0.15) is 4.31 Å². The Morgan fingerprint density at radius 1 is 0.938 bits per heavy atom. The fourth-order valence-corrected chi connectivity index (χ4v) is 6.60. The lowest BCUT2D eigenvalue weighted by Gasteiger charge is -2.31. The zero-order valence-corrected chi connectivity index (χ0v) is 20.2. The van der Waals surface area contributed by atoms with Crippen LogP contribution in [0, 0.1) is 5.92 Å². The van der Waals surface area contributed by atoms with E-state index in [0.29, 0.717) is 30.6 Å². The molecule has 5 nitrogen and oxygen atoms in total. The summed E-state index contributed by atoms with van der Waals surface area (Å²) in [5.41, 5.74) is 3.51. The van der Waals surface area contributed by atoms with E-state index in [1.54, 1.807) is 23.5 Å². The highest BCUT2D eigenvalue weighted by molar-refractivity contribution is 7.89. The Morgan fingerprint density at radius 2 is 1.59 bits per heavy atom. The van der Waals surface area contributed by atoms with Crippen LogP contribution in [-0.4, -0.2) is 63.6 Å². The molecule has 0 radical (unpaired) electrons. The molecule has 0 N–H and O–H groups in total. The minimum atomic E-state index is -3.47. The first-order chi connectivity index (χ1) is 15.5. The number of piperidine rings is 1. The van der Waals surface area contributed by atoms with Crippen LogP contribution in [0.15, 0.2) is 53.4 Å². The third-order valence-electron chi connectivity index (χ3n) is 7.04. The number of rotatable bonds is 8. The summed E-state index contributed by atoms with van der Waals surface area (Å²) in [5, 5.41) is 0. The van der Waals surface area contributed by atoms with Gasteiger partial charge in [-0.05, 0) is 80.3 Å². The predicted octanol–water partition coefficient (Wildman–Crippen LogP) is 4.43. The molecule has 2 atom stereocenters. The van der Waals surface area contributed by atoms with Crippen LogP contribution < -0.4 is 0 Å². The van der Waals surface area contributed by atoms with E-state index < -0.39 is 10.0 Å². The lowest BCUT2D eigenvalue weighted by atomic mass is 10.0. The van der Waals surface area contributed by atoms with Crippen LogP contribution in [0.3, 0.4) is 0 Å². The van der Waals surface area contributed by atoms with Gasteiger partial charge in [0.05, 0.1) is 11.5 Å². The van der Waals surface area contributed by atoms with Crippen LogP contribution in [0.25, 0.3) is 11.1 Å². The van der Waals surface area contributed by atoms with Crippen molar-refractivity contribution in [3.63, 3.8) is 0 Å². The van der Waals surface area contributed by atoms with Crippen LogP contribution in [0.5, 0.6) is 0 Å². The second-order valence-electron chi connectivity index (χ2n) is 9.33. The molecule has 2 saturated heterocycles. The third kappa shape index (κ3) is 5.42. The standard InChI is InChI=1S/C26H36N2O3S/c1-21-5-3-16-27(21)18-15-22-7-9-24(10-8-22)25-11-13-26(14-12-25)32(29,30)28-17-4-6-23(19-28)20-31-2/h7-14,21,23H,3-6,15-20H2,1-2H3/t21?,23-/m0/s1. The molecule has 2 fully saturated rings. The Labute approximate surface area is 193 Å². The largest absolute Gasteiger partial charge is 0.384 e. The van der Waals surface area contributed by atoms with E-state index in [1.165, 1.54) is 24.9 Å². The molecular weight excluding hydrogens is 420 g/mol. The van der Waals surface area contributed by atoms with Gasteiger partial charge in [0, 0.05) is 32.8 Å². The molecule has 2 aliphatic rings. The van der Waals surface area contributed by atoms with Gasteiger partial charge in [0.2, 0.25) is 10.0 Å². The number of nitrogens with zero attached hydrogens (tertiary/aromatic N) is 2. The van der Waals surface area contributed by atoms with Crippen LogP contribution >= 0.6 is 0 Å². The normalized spacial score (nSPS) is 22.9. The van der Waals surface area contributed by atoms with E-state index in [-0.39, 0.29) is 5.92 Å². The van der Waals surface area contributed by atoms with Crippen molar-refractivity contribution in [3.8, 4) is 11.1 Å². The quantitative estimate of drug-likeness (QED) is 0.590. The zero-order chi connectivity index (χ0) is 22.6. The van der Waals surface area contributed by atoms with E-state index in [0.717, 1.165) is 36.9 Å². The Morgan fingerprint density at radius 3 is 2.22 bits per heavy atom. The average Bonchev–Trinajstić information content (AvgIpc) is 3.23. The van der Waals surface area contributed by atoms with Crippen molar-refractivity contribution >= 4 is 10.0 Å². The topological polar surface area (TPSA) is 49.9 Å². The van der Waals surface area contributed by atoms with Gasteiger partial charge in [-0.25, -0.2) is 8.42 Å². The molecule has 0 amide bonds. The fourth-order valence-electron chi connectivity index (χ4n) is 5.05. The molecule has 32 heavy (non-hydrogen) atoms. The molecular formula is C26H36N2O3S. The summed E-state index contributed by atoms with van der Waals surface area (Å²) in [7, 11) is -1.79. The molecule has 0 aliphatic carbocycles. The molecule has 4 rings (SSSR count). The summed E-state index contributed by atoms with van der Waals surface area (Å²) >= 11 is 0. The first-order valence-corrected chi connectivity index (χ1v) is 13.3. The van der Waals surface area contributed by atoms with Gasteiger partial charge in [0.25, 0.3) is 0 Å². The van der Waals surface area contributed by atoms with Crippen molar-refractivity contribution in [2.45, 2.75) is 50.0 Å². The minimum absolute atomic E-state index is 0.273. The van der Waals surface area contributed by atoms with Gasteiger partial charge in [-0.1, -0.05) is 36.4 Å². The molecule has 2 aliphatic heterocycles. The smallest absolute Gasteiger partial charge is 0.243 e. The van der Waals surface area contributed by atoms with Gasteiger partial charge in [-0.3, -0.25) is 0 Å². The Kier molecular flexibility index (Phi) is 7.66. The maximum Gasteiger partial charge on any atom is 0.243 e. The highest BCUT2D eigenvalue weighted by Gasteiger charge is 2.30. The fraction of sp³-hybridized carbons (Fsp3) is 0.538. The predicted molar refractivity (Wildman–Crippen MR) is 129 cm³/mol. The molecule has 2 aromatic carbocycles. The molecule has 174 valence electrons. The number of methoxy groups -OCH3 is 1. The van der Waals surface area contributed by atoms with Crippen molar-refractivity contribution < 1.29 is 13.2 Å². The van der Waals surface area contributed by atoms with Crippen LogP contribution in [0.1, 0.15) is 38.2 Å². The molecule has 2 aromatic rings. The summed E-state index contributed by atoms with van der Waals surface area (Å²) < 4.78 is 33.1. The average molecular weight is 457 g/mol. The summed E-state index contributed by atoms with van der Waals surface area (Å²) in [5.74, 6) is 0.273. The van der Waals surface area contributed by atoms with Crippen molar-refractivity contribution in [2.24, 2.45) is 5.92 Å². The monoisotopic (exact) mass is 456 g/mol. The molecule has 0 saturated carbocycles. The second-order valence-corrected chi connectivity index (χ2v) is 11.3. The first-order valence-electron chi connectivity index (χ1n) is 11.9. The van der Waals surface area contributed by atoms with E-state index in [9.17, 15) is 8.42 Å². The van der Waals surface area contributed by atoms with Crippen LogP contribution in [0.4, 0.5) is 0 Å². The minimum Gasteiger partial charge on any atom is -0.384 e. The number of benzene rings is 2. The molecule has 6 heteroatoms. The maximum atomic E-state index is 13.1. The van der Waals surface area contributed by atoms with Crippen molar-refractivity contribution in [2.75, 3.05) is 39.9 Å². The van der Waals surface area contributed by atoms with Gasteiger partial charge >= 0.3 is 0 Å². The zero-order valence-electron chi connectivity index (χ0n) is 19.4. The van der Waals surface area contributed by atoms with Crippen LogP contribution in [0.2, 0.25) is 0 Å². The lowest BCUT2D eigenvalue weighted by Crippen LogP contribution is -2.41. The van der Waals surface area contributed by atoms with Crippen molar-refractivity contribution in [1.29, 1.82) is 0 Å². The Bertz CT molecular complexity index is 971. The SMILES string of the molecule is COC[C@H]1CCCN(S(=O)(=O)c2ccc(-c3ccc(CCN4CCCC4C)cc3)cc2)C1. The number of sulfonamides is 1.